The van der Waals surface area contributed by atoms with Crippen LogP contribution in [0.2, 0.25) is 5.02 Å². The van der Waals surface area contributed by atoms with Crippen molar-refractivity contribution in [3.63, 3.8) is 0 Å². The van der Waals surface area contributed by atoms with Gasteiger partial charge in [-0.2, -0.15) is 0 Å². The third-order valence-electron chi connectivity index (χ3n) is 2.88. The van der Waals surface area contributed by atoms with Crippen molar-refractivity contribution in [1.29, 1.82) is 0 Å². The number of halogens is 1. The molecule has 0 bridgehead atoms. The summed E-state index contributed by atoms with van der Waals surface area (Å²) in [6, 6.07) is 4.54. The van der Waals surface area contributed by atoms with Gasteiger partial charge in [-0.1, -0.05) is 31.5 Å². The van der Waals surface area contributed by atoms with E-state index in [-0.39, 0.29) is 40.6 Å². The maximum absolute atomic E-state index is 12.0. The molecule has 0 fully saturated rings. The molecule has 4 N–H and O–H groups in total. The van der Waals surface area contributed by atoms with Gasteiger partial charge in [0.1, 0.15) is 5.56 Å². The molecule has 0 aliphatic heterocycles. The molecule has 0 spiro atoms. The van der Waals surface area contributed by atoms with Gasteiger partial charge < -0.3 is 16.2 Å². The highest BCUT2D eigenvalue weighted by Crippen LogP contribution is 2.25. The first-order valence-electron chi connectivity index (χ1n) is 5.91. The van der Waals surface area contributed by atoms with Crippen molar-refractivity contribution in [3.05, 3.63) is 28.8 Å². The number of rotatable bonds is 5. The zero-order chi connectivity index (χ0) is 14.6. The number of nitrogens with one attached hydrogen (secondary N) is 1. The van der Waals surface area contributed by atoms with Crippen LogP contribution in [0.5, 0.6) is 0 Å². The third-order valence-corrected chi connectivity index (χ3v) is 3.20. The maximum Gasteiger partial charge on any atom is 0.339 e. The SMILES string of the molecule is CC(C)C(CN)C(=O)Nc1cccc(Cl)c1C(=O)O. The highest BCUT2D eigenvalue weighted by atomic mass is 35.5. The second-order valence-electron chi connectivity index (χ2n) is 4.54. The minimum Gasteiger partial charge on any atom is -0.478 e. The molecule has 1 atom stereocenters. The Morgan fingerprint density at radius 2 is 2.05 bits per heavy atom. The molecule has 6 heteroatoms. The molecule has 1 amide bonds. The van der Waals surface area contributed by atoms with Crippen LogP contribution in [0.3, 0.4) is 0 Å². The fourth-order valence-corrected chi connectivity index (χ4v) is 2.01. The van der Waals surface area contributed by atoms with Gasteiger partial charge in [0, 0.05) is 6.54 Å². The van der Waals surface area contributed by atoms with Crippen LogP contribution in [0.15, 0.2) is 18.2 Å². The van der Waals surface area contributed by atoms with Gasteiger partial charge in [-0.05, 0) is 18.1 Å². The zero-order valence-electron chi connectivity index (χ0n) is 10.8. The summed E-state index contributed by atoms with van der Waals surface area (Å²) in [5, 5.41) is 11.8. The number of carbonyl (C=O) groups is 2. The predicted octanol–water partition coefficient (Wildman–Crippen LogP) is 2.21. The summed E-state index contributed by atoms with van der Waals surface area (Å²) in [6.07, 6.45) is 0. The molecule has 5 nitrogen and oxygen atoms in total. The van der Waals surface area contributed by atoms with Crippen molar-refractivity contribution < 1.29 is 14.7 Å². The summed E-state index contributed by atoms with van der Waals surface area (Å²) < 4.78 is 0. The fraction of sp³-hybridized carbons (Fsp3) is 0.385. The standard InChI is InChI=1S/C13H17ClN2O3/c1-7(2)8(6-15)12(17)16-10-5-3-4-9(14)11(10)13(18)19/h3-5,7-8H,6,15H2,1-2H3,(H,16,17)(H,18,19). The quantitative estimate of drug-likeness (QED) is 0.773. The molecule has 19 heavy (non-hydrogen) atoms. The topological polar surface area (TPSA) is 92.4 Å². The van der Waals surface area contributed by atoms with E-state index in [1.54, 1.807) is 6.07 Å². The molecule has 1 unspecified atom stereocenters. The van der Waals surface area contributed by atoms with Crippen LogP contribution in [-0.2, 0) is 4.79 Å². The van der Waals surface area contributed by atoms with Crippen LogP contribution >= 0.6 is 11.6 Å². The smallest absolute Gasteiger partial charge is 0.339 e. The molecule has 0 heterocycles. The third kappa shape index (κ3) is 3.68. The molecule has 1 rings (SSSR count). The number of carboxylic acids is 1. The summed E-state index contributed by atoms with van der Waals surface area (Å²) in [5.41, 5.74) is 5.62. The van der Waals surface area contributed by atoms with E-state index in [1.807, 2.05) is 13.8 Å². The molecular weight excluding hydrogens is 268 g/mol. The molecule has 1 aromatic carbocycles. The van der Waals surface area contributed by atoms with Gasteiger partial charge in [-0.25, -0.2) is 4.79 Å². The lowest BCUT2D eigenvalue weighted by Crippen LogP contribution is -2.33. The fourth-order valence-electron chi connectivity index (χ4n) is 1.75. The Kier molecular flexibility index (Phi) is 5.32. The van der Waals surface area contributed by atoms with Gasteiger partial charge in [-0.3, -0.25) is 4.79 Å². The molecule has 0 aromatic heterocycles. The van der Waals surface area contributed by atoms with E-state index < -0.39 is 5.97 Å². The van der Waals surface area contributed by atoms with Gasteiger partial charge in [0.25, 0.3) is 0 Å². The second-order valence-corrected chi connectivity index (χ2v) is 4.95. The highest BCUT2D eigenvalue weighted by molar-refractivity contribution is 6.34. The van der Waals surface area contributed by atoms with E-state index >= 15 is 0 Å². The van der Waals surface area contributed by atoms with E-state index in [0.29, 0.717) is 0 Å². The molecule has 0 aliphatic carbocycles. The number of benzene rings is 1. The van der Waals surface area contributed by atoms with Crippen LogP contribution in [0, 0.1) is 11.8 Å². The number of hydrogen-bond donors (Lipinski definition) is 3. The number of nitrogens with two attached hydrogens (primary N) is 1. The first-order chi connectivity index (χ1) is 8.88. The summed E-state index contributed by atoms with van der Waals surface area (Å²) in [6.45, 7) is 3.97. The molecule has 104 valence electrons. The zero-order valence-corrected chi connectivity index (χ0v) is 11.6. The van der Waals surface area contributed by atoms with Crippen LogP contribution in [0.25, 0.3) is 0 Å². The van der Waals surface area contributed by atoms with E-state index in [9.17, 15) is 9.59 Å². The van der Waals surface area contributed by atoms with Gasteiger partial charge >= 0.3 is 5.97 Å². The number of carboxylic acid groups (broad SMARTS) is 1. The molecule has 0 saturated carbocycles. The van der Waals surface area contributed by atoms with Crippen molar-refractivity contribution in [2.45, 2.75) is 13.8 Å². The van der Waals surface area contributed by atoms with Gasteiger partial charge in [0.15, 0.2) is 0 Å². The molecule has 0 saturated heterocycles. The van der Waals surface area contributed by atoms with Crippen LogP contribution in [-0.4, -0.2) is 23.5 Å². The summed E-state index contributed by atoms with van der Waals surface area (Å²) in [5.74, 6) is -1.80. The normalized spacial score (nSPS) is 12.3. The minimum absolute atomic E-state index is 0.0671. The summed E-state index contributed by atoms with van der Waals surface area (Å²) >= 11 is 5.83. The van der Waals surface area contributed by atoms with Crippen molar-refractivity contribution in [3.8, 4) is 0 Å². The molecular formula is C13H17ClN2O3. The summed E-state index contributed by atoms with van der Waals surface area (Å²) in [7, 11) is 0. The van der Waals surface area contributed by atoms with E-state index in [2.05, 4.69) is 5.32 Å². The largest absolute Gasteiger partial charge is 0.478 e. The van der Waals surface area contributed by atoms with Crippen molar-refractivity contribution in [1.82, 2.24) is 0 Å². The van der Waals surface area contributed by atoms with Crippen molar-refractivity contribution in [2.75, 3.05) is 11.9 Å². The van der Waals surface area contributed by atoms with Crippen LogP contribution in [0.4, 0.5) is 5.69 Å². The lowest BCUT2D eigenvalue weighted by atomic mass is 9.95. The Balaban J connectivity index is 3.03. The van der Waals surface area contributed by atoms with Crippen LogP contribution in [0.1, 0.15) is 24.2 Å². The maximum atomic E-state index is 12.0. The Hall–Kier alpha value is -1.59. The molecule has 1 aromatic rings. The highest BCUT2D eigenvalue weighted by Gasteiger charge is 2.23. The number of carbonyl (C=O) groups excluding carboxylic acids is 1. The first kappa shape index (κ1) is 15.5. The van der Waals surface area contributed by atoms with Gasteiger partial charge in [0.2, 0.25) is 5.91 Å². The average molecular weight is 285 g/mol. The minimum atomic E-state index is -1.19. The van der Waals surface area contributed by atoms with E-state index in [1.165, 1.54) is 12.1 Å². The monoisotopic (exact) mass is 284 g/mol. The Labute approximate surface area is 116 Å². The Bertz CT molecular complexity index is 489. The van der Waals surface area contributed by atoms with Crippen molar-refractivity contribution >= 4 is 29.2 Å². The van der Waals surface area contributed by atoms with E-state index in [0.717, 1.165) is 0 Å². The van der Waals surface area contributed by atoms with Gasteiger partial charge in [0.05, 0.1) is 16.6 Å². The average Bonchev–Trinajstić information content (AvgIpc) is 2.28. The lowest BCUT2D eigenvalue weighted by molar-refractivity contribution is -0.120. The van der Waals surface area contributed by atoms with Crippen LogP contribution < -0.4 is 11.1 Å². The Morgan fingerprint density at radius 1 is 1.42 bits per heavy atom. The Morgan fingerprint density at radius 3 is 2.53 bits per heavy atom. The first-order valence-corrected chi connectivity index (χ1v) is 6.29. The number of aromatic carboxylic acids is 1. The molecule has 0 aliphatic rings. The van der Waals surface area contributed by atoms with Gasteiger partial charge in [-0.15, -0.1) is 0 Å². The predicted molar refractivity (Wildman–Crippen MR) is 74.4 cm³/mol. The summed E-state index contributed by atoms with van der Waals surface area (Å²) in [4.78, 5) is 23.2. The lowest BCUT2D eigenvalue weighted by Gasteiger charge is -2.19. The number of hydrogen-bond acceptors (Lipinski definition) is 3. The number of amides is 1. The van der Waals surface area contributed by atoms with Crippen molar-refractivity contribution in [2.24, 2.45) is 17.6 Å². The van der Waals surface area contributed by atoms with E-state index in [4.69, 9.17) is 22.4 Å². The number of anilines is 1. The second kappa shape index (κ2) is 6.54. The molecule has 0 radical (unpaired) electrons.